The van der Waals surface area contributed by atoms with Gasteiger partial charge in [-0.3, -0.25) is 9.59 Å². The SMILES string of the molecule is O=C(O)CC(CC(=O)O)c1ccc(O)c(F)c1. The molecule has 0 saturated carbocycles. The molecule has 5 nitrogen and oxygen atoms in total. The fourth-order valence-electron chi connectivity index (χ4n) is 1.51. The van der Waals surface area contributed by atoms with E-state index in [1.54, 1.807) is 0 Å². The number of hydrogen-bond donors (Lipinski definition) is 3. The maximum Gasteiger partial charge on any atom is 0.303 e. The van der Waals surface area contributed by atoms with E-state index in [1.165, 1.54) is 6.07 Å². The van der Waals surface area contributed by atoms with Gasteiger partial charge in [0.1, 0.15) is 0 Å². The number of aromatic hydroxyl groups is 1. The van der Waals surface area contributed by atoms with Crippen LogP contribution in [0.25, 0.3) is 0 Å². The standard InChI is InChI=1S/C11H11FO5/c12-8-3-6(1-2-9(8)13)7(4-10(14)15)5-11(16)17/h1-3,7,13H,4-5H2,(H,14,15)(H,16,17). The predicted molar refractivity (Wildman–Crippen MR) is 55.3 cm³/mol. The number of benzene rings is 1. The third-order valence-electron chi connectivity index (χ3n) is 2.29. The monoisotopic (exact) mass is 242 g/mol. The highest BCUT2D eigenvalue weighted by molar-refractivity contribution is 5.72. The number of halogens is 1. The molecule has 0 saturated heterocycles. The number of phenolic OH excluding ortho intramolecular Hbond substituents is 1. The van der Waals surface area contributed by atoms with Crippen LogP contribution in [0.15, 0.2) is 18.2 Å². The van der Waals surface area contributed by atoms with Gasteiger partial charge in [-0.05, 0) is 17.7 Å². The minimum atomic E-state index is -1.16. The summed E-state index contributed by atoms with van der Waals surface area (Å²) in [4.78, 5) is 21.2. The van der Waals surface area contributed by atoms with Gasteiger partial charge >= 0.3 is 11.9 Å². The van der Waals surface area contributed by atoms with Gasteiger partial charge in [0.25, 0.3) is 0 Å². The second-order valence-electron chi connectivity index (χ2n) is 3.60. The lowest BCUT2D eigenvalue weighted by atomic mass is 9.92. The molecule has 0 aromatic heterocycles. The van der Waals surface area contributed by atoms with Gasteiger partial charge in [-0.2, -0.15) is 0 Å². The van der Waals surface area contributed by atoms with Crippen molar-refractivity contribution in [2.75, 3.05) is 0 Å². The van der Waals surface area contributed by atoms with Crippen molar-refractivity contribution in [1.82, 2.24) is 0 Å². The number of aliphatic carboxylic acids is 2. The largest absolute Gasteiger partial charge is 0.505 e. The second-order valence-corrected chi connectivity index (χ2v) is 3.60. The molecule has 3 N–H and O–H groups in total. The first kappa shape index (κ1) is 13.0. The molecule has 17 heavy (non-hydrogen) atoms. The average molecular weight is 242 g/mol. The van der Waals surface area contributed by atoms with Crippen molar-refractivity contribution in [2.24, 2.45) is 0 Å². The lowest BCUT2D eigenvalue weighted by molar-refractivity contribution is -0.139. The van der Waals surface area contributed by atoms with Crippen LogP contribution in [0, 0.1) is 5.82 Å². The first-order valence-electron chi connectivity index (χ1n) is 4.82. The number of carboxylic acids is 2. The van der Waals surface area contributed by atoms with Crippen molar-refractivity contribution in [3.63, 3.8) is 0 Å². The molecule has 1 aromatic rings. The zero-order valence-corrected chi connectivity index (χ0v) is 8.76. The molecule has 0 aliphatic rings. The van der Waals surface area contributed by atoms with Gasteiger partial charge in [0.05, 0.1) is 12.8 Å². The van der Waals surface area contributed by atoms with E-state index >= 15 is 0 Å². The van der Waals surface area contributed by atoms with Crippen molar-refractivity contribution in [1.29, 1.82) is 0 Å². The van der Waals surface area contributed by atoms with Crippen LogP contribution in [0.2, 0.25) is 0 Å². The van der Waals surface area contributed by atoms with E-state index in [0.717, 1.165) is 12.1 Å². The minimum Gasteiger partial charge on any atom is -0.505 e. The van der Waals surface area contributed by atoms with Crippen LogP contribution >= 0.6 is 0 Å². The molecule has 0 fully saturated rings. The summed E-state index contributed by atoms with van der Waals surface area (Å²) in [5.41, 5.74) is 0.241. The maximum absolute atomic E-state index is 13.1. The molecule has 0 heterocycles. The summed E-state index contributed by atoms with van der Waals surface area (Å²) in [7, 11) is 0. The zero-order valence-electron chi connectivity index (χ0n) is 8.76. The minimum absolute atomic E-state index is 0.241. The summed E-state index contributed by atoms with van der Waals surface area (Å²) in [6.45, 7) is 0. The Kier molecular flexibility index (Phi) is 4.03. The highest BCUT2D eigenvalue weighted by atomic mass is 19.1. The first-order valence-corrected chi connectivity index (χ1v) is 4.82. The van der Waals surface area contributed by atoms with Crippen LogP contribution < -0.4 is 0 Å². The molecule has 1 rings (SSSR count). The number of rotatable bonds is 5. The lowest BCUT2D eigenvalue weighted by Gasteiger charge is -2.13. The van der Waals surface area contributed by atoms with Crippen LogP contribution in [0.4, 0.5) is 4.39 Å². The number of carboxylic acid groups (broad SMARTS) is 2. The van der Waals surface area contributed by atoms with Gasteiger partial charge in [-0.25, -0.2) is 4.39 Å². The normalized spacial score (nSPS) is 10.5. The summed E-state index contributed by atoms with van der Waals surface area (Å²) in [6, 6.07) is 3.34. The van der Waals surface area contributed by atoms with Gasteiger partial charge in [0.15, 0.2) is 11.6 Å². The Hall–Kier alpha value is -2.11. The second kappa shape index (κ2) is 5.29. The Morgan fingerprint density at radius 1 is 1.18 bits per heavy atom. The summed E-state index contributed by atoms with van der Waals surface area (Å²) >= 11 is 0. The Bertz CT molecular complexity index is 427. The van der Waals surface area contributed by atoms with Gasteiger partial charge in [-0.1, -0.05) is 6.07 Å². The van der Waals surface area contributed by atoms with E-state index < -0.39 is 42.3 Å². The van der Waals surface area contributed by atoms with Gasteiger partial charge in [0.2, 0.25) is 0 Å². The van der Waals surface area contributed by atoms with E-state index in [-0.39, 0.29) is 5.56 Å². The Morgan fingerprint density at radius 2 is 1.71 bits per heavy atom. The molecule has 0 atom stereocenters. The van der Waals surface area contributed by atoms with E-state index in [4.69, 9.17) is 15.3 Å². The van der Waals surface area contributed by atoms with Crippen LogP contribution in [-0.4, -0.2) is 27.3 Å². The van der Waals surface area contributed by atoms with Crippen LogP contribution in [0.3, 0.4) is 0 Å². The molecule has 0 aliphatic carbocycles. The molecule has 6 heteroatoms. The topological polar surface area (TPSA) is 94.8 Å². The van der Waals surface area contributed by atoms with Crippen molar-refractivity contribution < 1.29 is 29.3 Å². The molecule has 0 aliphatic heterocycles. The summed E-state index contributed by atoms with van der Waals surface area (Å²) in [5.74, 6) is -4.60. The molecule has 0 unspecified atom stereocenters. The Labute approximate surface area is 96.1 Å². The van der Waals surface area contributed by atoms with E-state index in [1.807, 2.05) is 0 Å². The quantitative estimate of drug-likeness (QED) is 0.728. The fraction of sp³-hybridized carbons (Fsp3) is 0.273. The summed E-state index contributed by atoms with van der Waals surface area (Å²) < 4.78 is 13.1. The summed E-state index contributed by atoms with van der Waals surface area (Å²) in [5, 5.41) is 26.3. The lowest BCUT2D eigenvalue weighted by Crippen LogP contribution is -2.11. The molecular weight excluding hydrogens is 231 g/mol. The van der Waals surface area contributed by atoms with Crippen molar-refractivity contribution >= 4 is 11.9 Å². The van der Waals surface area contributed by atoms with Crippen molar-refractivity contribution in [3.8, 4) is 5.75 Å². The van der Waals surface area contributed by atoms with Crippen LogP contribution in [0.5, 0.6) is 5.75 Å². The van der Waals surface area contributed by atoms with Crippen LogP contribution in [-0.2, 0) is 9.59 Å². The molecule has 0 radical (unpaired) electrons. The highest BCUT2D eigenvalue weighted by Crippen LogP contribution is 2.27. The maximum atomic E-state index is 13.1. The third kappa shape index (κ3) is 3.75. The number of phenols is 1. The van der Waals surface area contributed by atoms with E-state index in [2.05, 4.69) is 0 Å². The molecule has 0 spiro atoms. The van der Waals surface area contributed by atoms with Gasteiger partial charge in [0, 0.05) is 5.92 Å². The van der Waals surface area contributed by atoms with Crippen LogP contribution in [0.1, 0.15) is 24.3 Å². The molecule has 92 valence electrons. The van der Waals surface area contributed by atoms with Crippen molar-refractivity contribution in [2.45, 2.75) is 18.8 Å². The summed E-state index contributed by atoms with van der Waals surface area (Å²) in [6.07, 6.45) is -0.812. The predicted octanol–water partition coefficient (Wildman–Crippen LogP) is 1.56. The van der Waals surface area contributed by atoms with Crippen molar-refractivity contribution in [3.05, 3.63) is 29.6 Å². The molecule has 1 aromatic carbocycles. The Morgan fingerprint density at radius 3 is 2.12 bits per heavy atom. The molecule has 0 amide bonds. The Balaban J connectivity index is 2.98. The number of hydrogen-bond acceptors (Lipinski definition) is 3. The average Bonchev–Trinajstić information content (AvgIpc) is 2.19. The third-order valence-corrected chi connectivity index (χ3v) is 2.29. The van der Waals surface area contributed by atoms with E-state index in [9.17, 15) is 14.0 Å². The van der Waals surface area contributed by atoms with E-state index in [0.29, 0.717) is 0 Å². The molecule has 0 bridgehead atoms. The smallest absolute Gasteiger partial charge is 0.303 e. The number of carbonyl (C=O) groups is 2. The van der Waals surface area contributed by atoms with Gasteiger partial charge < -0.3 is 15.3 Å². The zero-order chi connectivity index (χ0) is 13.0. The first-order chi connectivity index (χ1) is 7.90. The highest BCUT2D eigenvalue weighted by Gasteiger charge is 2.20. The van der Waals surface area contributed by atoms with Gasteiger partial charge in [-0.15, -0.1) is 0 Å². The molecular formula is C11H11FO5. The fourth-order valence-corrected chi connectivity index (χ4v) is 1.51.